The quantitative estimate of drug-likeness (QED) is 0.847. The molecule has 18 heavy (non-hydrogen) atoms. The Labute approximate surface area is 107 Å². The van der Waals surface area contributed by atoms with Gasteiger partial charge in [-0.3, -0.25) is 4.79 Å². The molecule has 0 saturated carbocycles. The van der Waals surface area contributed by atoms with E-state index in [1.54, 1.807) is 25.4 Å². The van der Waals surface area contributed by atoms with Gasteiger partial charge in [-0.2, -0.15) is 0 Å². The molecule has 5 heteroatoms. The molecule has 0 bridgehead atoms. The molecule has 1 unspecified atom stereocenters. The summed E-state index contributed by atoms with van der Waals surface area (Å²) in [5.74, 6) is 0.654. The lowest BCUT2D eigenvalue weighted by molar-refractivity contribution is 0.0169. The molecule has 1 aromatic rings. The van der Waals surface area contributed by atoms with Gasteiger partial charge in [0.05, 0.1) is 11.7 Å². The summed E-state index contributed by atoms with van der Waals surface area (Å²) < 4.78 is 5.56. The van der Waals surface area contributed by atoms with Crippen molar-refractivity contribution in [3.8, 4) is 0 Å². The number of hydrogen-bond donors (Lipinski definition) is 2. The molecule has 1 aromatic heterocycles. The van der Waals surface area contributed by atoms with Crippen LogP contribution in [0.25, 0.3) is 0 Å². The van der Waals surface area contributed by atoms with Gasteiger partial charge < -0.3 is 15.4 Å². The summed E-state index contributed by atoms with van der Waals surface area (Å²) in [6.07, 6.45) is 5.06. The molecule has 1 aliphatic heterocycles. The highest BCUT2D eigenvalue weighted by Crippen LogP contribution is 2.12. The highest BCUT2D eigenvalue weighted by molar-refractivity contribution is 5.94. The SMILES string of the molecule is CNc1ccc(C(=O)NCC2CCCCO2)cn1. The van der Waals surface area contributed by atoms with Crippen LogP contribution in [0.3, 0.4) is 0 Å². The third-order valence-electron chi connectivity index (χ3n) is 3.05. The number of carbonyl (C=O) groups is 1. The maximum atomic E-state index is 11.9. The van der Waals surface area contributed by atoms with E-state index in [-0.39, 0.29) is 12.0 Å². The normalized spacial score (nSPS) is 19.3. The van der Waals surface area contributed by atoms with Gasteiger partial charge >= 0.3 is 0 Å². The zero-order valence-corrected chi connectivity index (χ0v) is 10.6. The number of nitrogens with zero attached hydrogens (tertiary/aromatic N) is 1. The van der Waals surface area contributed by atoms with Crippen LogP contribution in [0, 0.1) is 0 Å². The van der Waals surface area contributed by atoms with Gasteiger partial charge in [-0.25, -0.2) is 4.98 Å². The van der Waals surface area contributed by atoms with Crippen molar-refractivity contribution in [2.45, 2.75) is 25.4 Å². The Morgan fingerprint density at radius 3 is 3.00 bits per heavy atom. The van der Waals surface area contributed by atoms with E-state index in [1.165, 1.54) is 6.42 Å². The number of rotatable bonds is 4. The van der Waals surface area contributed by atoms with Crippen LogP contribution >= 0.6 is 0 Å². The van der Waals surface area contributed by atoms with E-state index in [9.17, 15) is 4.79 Å². The van der Waals surface area contributed by atoms with Crippen molar-refractivity contribution in [2.75, 3.05) is 25.5 Å². The monoisotopic (exact) mass is 249 g/mol. The number of amides is 1. The lowest BCUT2D eigenvalue weighted by Gasteiger charge is -2.22. The highest BCUT2D eigenvalue weighted by atomic mass is 16.5. The second kappa shape index (κ2) is 6.35. The Bertz CT molecular complexity index is 386. The average Bonchev–Trinajstić information content (AvgIpc) is 2.46. The Morgan fingerprint density at radius 1 is 1.50 bits per heavy atom. The Balaban J connectivity index is 1.82. The molecule has 98 valence electrons. The first-order valence-corrected chi connectivity index (χ1v) is 6.33. The predicted molar refractivity (Wildman–Crippen MR) is 69.7 cm³/mol. The molecular formula is C13H19N3O2. The zero-order valence-electron chi connectivity index (χ0n) is 10.6. The van der Waals surface area contributed by atoms with E-state index in [0.717, 1.165) is 25.3 Å². The van der Waals surface area contributed by atoms with E-state index in [2.05, 4.69) is 15.6 Å². The van der Waals surface area contributed by atoms with E-state index < -0.39 is 0 Å². The fraction of sp³-hybridized carbons (Fsp3) is 0.538. The fourth-order valence-electron chi connectivity index (χ4n) is 1.95. The van der Waals surface area contributed by atoms with Crippen LogP contribution in [0.2, 0.25) is 0 Å². The molecule has 1 fully saturated rings. The van der Waals surface area contributed by atoms with Crippen LogP contribution in [0.15, 0.2) is 18.3 Å². The molecule has 2 N–H and O–H groups in total. The minimum atomic E-state index is -0.0978. The van der Waals surface area contributed by atoms with Gasteiger partial charge in [0.2, 0.25) is 0 Å². The summed E-state index contributed by atoms with van der Waals surface area (Å²) in [4.78, 5) is 16.0. The van der Waals surface area contributed by atoms with Crippen LogP contribution in [-0.4, -0.2) is 37.2 Å². The first-order chi connectivity index (χ1) is 8.79. The molecular weight excluding hydrogens is 230 g/mol. The molecule has 5 nitrogen and oxygen atoms in total. The number of ether oxygens (including phenoxy) is 1. The van der Waals surface area contributed by atoms with Gasteiger partial charge in [-0.1, -0.05) is 0 Å². The predicted octanol–water partition coefficient (Wildman–Crippen LogP) is 1.42. The number of hydrogen-bond acceptors (Lipinski definition) is 4. The molecule has 0 radical (unpaired) electrons. The van der Waals surface area contributed by atoms with E-state index in [0.29, 0.717) is 12.1 Å². The van der Waals surface area contributed by atoms with Crippen LogP contribution < -0.4 is 10.6 Å². The Kier molecular flexibility index (Phi) is 4.52. The molecule has 0 spiro atoms. The fourth-order valence-corrected chi connectivity index (χ4v) is 1.95. The van der Waals surface area contributed by atoms with Crippen LogP contribution in [-0.2, 0) is 4.74 Å². The molecule has 2 rings (SSSR count). The molecule has 1 saturated heterocycles. The van der Waals surface area contributed by atoms with Crippen molar-refractivity contribution >= 4 is 11.7 Å². The summed E-state index contributed by atoms with van der Waals surface area (Å²) >= 11 is 0. The number of carbonyl (C=O) groups excluding carboxylic acids is 1. The van der Waals surface area contributed by atoms with Crippen LogP contribution in [0.4, 0.5) is 5.82 Å². The van der Waals surface area contributed by atoms with Crippen molar-refractivity contribution in [1.82, 2.24) is 10.3 Å². The summed E-state index contributed by atoms with van der Waals surface area (Å²) in [6, 6.07) is 3.54. The molecule has 1 atom stereocenters. The lowest BCUT2D eigenvalue weighted by Crippen LogP contribution is -2.35. The minimum Gasteiger partial charge on any atom is -0.376 e. The Hall–Kier alpha value is -1.62. The maximum Gasteiger partial charge on any atom is 0.252 e. The molecule has 2 heterocycles. The Morgan fingerprint density at radius 2 is 2.39 bits per heavy atom. The van der Waals surface area contributed by atoms with Gasteiger partial charge in [0, 0.05) is 26.4 Å². The van der Waals surface area contributed by atoms with Gasteiger partial charge in [0.25, 0.3) is 5.91 Å². The summed E-state index contributed by atoms with van der Waals surface area (Å²) in [6.45, 7) is 1.38. The standard InChI is InChI=1S/C13H19N3O2/c1-14-12-6-5-10(8-15-12)13(17)16-9-11-4-2-3-7-18-11/h5-6,8,11H,2-4,7,9H2,1H3,(H,14,15)(H,16,17). The number of nitrogens with one attached hydrogen (secondary N) is 2. The number of pyridine rings is 1. The molecule has 1 amide bonds. The molecule has 1 aliphatic rings. The number of aromatic nitrogens is 1. The van der Waals surface area contributed by atoms with Gasteiger partial charge in [-0.05, 0) is 31.4 Å². The van der Waals surface area contributed by atoms with Crippen molar-refractivity contribution < 1.29 is 9.53 Å². The van der Waals surface area contributed by atoms with E-state index in [1.807, 2.05) is 0 Å². The topological polar surface area (TPSA) is 63.2 Å². The second-order valence-corrected chi connectivity index (χ2v) is 4.38. The molecule has 0 aromatic carbocycles. The highest BCUT2D eigenvalue weighted by Gasteiger charge is 2.15. The first-order valence-electron chi connectivity index (χ1n) is 6.33. The lowest BCUT2D eigenvalue weighted by atomic mass is 10.1. The van der Waals surface area contributed by atoms with E-state index in [4.69, 9.17) is 4.74 Å². The van der Waals surface area contributed by atoms with Crippen LogP contribution in [0.1, 0.15) is 29.6 Å². The zero-order chi connectivity index (χ0) is 12.8. The summed E-state index contributed by atoms with van der Waals surface area (Å²) in [5.41, 5.74) is 0.574. The first kappa shape index (κ1) is 12.8. The molecule has 0 aliphatic carbocycles. The van der Waals surface area contributed by atoms with E-state index >= 15 is 0 Å². The average molecular weight is 249 g/mol. The third kappa shape index (κ3) is 3.43. The largest absolute Gasteiger partial charge is 0.376 e. The summed E-state index contributed by atoms with van der Waals surface area (Å²) in [7, 11) is 1.79. The van der Waals surface area contributed by atoms with Crippen molar-refractivity contribution in [1.29, 1.82) is 0 Å². The van der Waals surface area contributed by atoms with Gasteiger partial charge in [0.1, 0.15) is 5.82 Å². The van der Waals surface area contributed by atoms with Crippen molar-refractivity contribution in [3.05, 3.63) is 23.9 Å². The van der Waals surface area contributed by atoms with Crippen molar-refractivity contribution in [3.63, 3.8) is 0 Å². The minimum absolute atomic E-state index is 0.0978. The van der Waals surface area contributed by atoms with Crippen LogP contribution in [0.5, 0.6) is 0 Å². The number of anilines is 1. The van der Waals surface area contributed by atoms with Crippen molar-refractivity contribution in [2.24, 2.45) is 0 Å². The van der Waals surface area contributed by atoms with Gasteiger partial charge in [-0.15, -0.1) is 0 Å². The van der Waals surface area contributed by atoms with Gasteiger partial charge in [0.15, 0.2) is 0 Å². The second-order valence-electron chi connectivity index (χ2n) is 4.38. The maximum absolute atomic E-state index is 11.9. The third-order valence-corrected chi connectivity index (χ3v) is 3.05. The summed E-state index contributed by atoms with van der Waals surface area (Å²) in [5, 5.41) is 5.80. The smallest absolute Gasteiger partial charge is 0.252 e.